The molecule has 0 saturated carbocycles. The Labute approximate surface area is 112 Å². The van der Waals surface area contributed by atoms with Crippen LogP contribution in [0.4, 0.5) is 0 Å². The molecule has 0 bridgehead atoms. The second-order valence-electron chi connectivity index (χ2n) is 4.15. The van der Waals surface area contributed by atoms with Crippen molar-refractivity contribution in [2.45, 2.75) is 25.8 Å². The van der Waals surface area contributed by atoms with Gasteiger partial charge >= 0.3 is 0 Å². The van der Waals surface area contributed by atoms with Crippen LogP contribution in [-0.4, -0.2) is 22.9 Å². The number of benzene rings is 1. The van der Waals surface area contributed by atoms with Crippen LogP contribution in [0.3, 0.4) is 0 Å². The molecule has 1 aromatic rings. The number of amides is 1. The number of carbonyl (C=O) groups excluding carboxylic acids is 1. The molecule has 0 spiro atoms. The second-order valence-corrected chi connectivity index (χ2v) is 5.16. The number of carbonyl (C=O) groups is 1. The van der Waals surface area contributed by atoms with E-state index < -0.39 is 0 Å². The summed E-state index contributed by atoms with van der Waals surface area (Å²) in [5.41, 5.74) is 6.45. The first kappa shape index (κ1) is 14.6. The minimum atomic E-state index is -0.0734. The van der Waals surface area contributed by atoms with Crippen LogP contribution in [0, 0.1) is 5.41 Å². The second kappa shape index (κ2) is 7.76. The molecule has 1 rings (SSSR count). The minimum absolute atomic E-state index is 0.0258. The zero-order valence-corrected chi connectivity index (χ0v) is 11.3. The third-order valence-corrected chi connectivity index (χ3v) is 3.19. The summed E-state index contributed by atoms with van der Waals surface area (Å²) >= 11 is 1.04. The fraction of sp³-hybridized carbons (Fsp3) is 0.385. The summed E-state index contributed by atoms with van der Waals surface area (Å²) in [4.78, 5) is 11.5. The standard InChI is InChI=1S/C13H19N3OS/c1-10(16-12(17)9-18-13(14)15)7-8-11-5-3-2-4-6-11/h2-6,10H,7-9H2,1H3,(H3,14,15)(H,16,17)/t10-/m1/s1. The highest BCUT2D eigenvalue weighted by Crippen LogP contribution is 2.05. The molecule has 0 saturated heterocycles. The first-order valence-corrected chi connectivity index (χ1v) is 6.86. The molecular weight excluding hydrogens is 246 g/mol. The van der Waals surface area contributed by atoms with Crippen LogP contribution in [0.5, 0.6) is 0 Å². The van der Waals surface area contributed by atoms with Crippen molar-refractivity contribution in [3.05, 3.63) is 35.9 Å². The highest BCUT2D eigenvalue weighted by Gasteiger charge is 2.08. The van der Waals surface area contributed by atoms with Crippen molar-refractivity contribution in [3.8, 4) is 0 Å². The number of thioether (sulfide) groups is 1. The quantitative estimate of drug-likeness (QED) is 0.541. The van der Waals surface area contributed by atoms with E-state index in [0.29, 0.717) is 0 Å². The van der Waals surface area contributed by atoms with E-state index in [1.807, 2.05) is 25.1 Å². The first-order valence-electron chi connectivity index (χ1n) is 5.88. The van der Waals surface area contributed by atoms with Crippen molar-refractivity contribution in [3.63, 3.8) is 0 Å². The van der Waals surface area contributed by atoms with E-state index in [4.69, 9.17) is 11.1 Å². The maximum absolute atomic E-state index is 11.5. The van der Waals surface area contributed by atoms with Crippen LogP contribution >= 0.6 is 11.8 Å². The molecule has 4 N–H and O–H groups in total. The molecule has 4 nitrogen and oxygen atoms in total. The molecule has 0 aliphatic heterocycles. The third-order valence-electron chi connectivity index (χ3n) is 2.48. The van der Waals surface area contributed by atoms with E-state index in [1.54, 1.807) is 0 Å². The van der Waals surface area contributed by atoms with Gasteiger partial charge in [0.25, 0.3) is 0 Å². The van der Waals surface area contributed by atoms with Gasteiger partial charge in [-0.15, -0.1) is 0 Å². The molecule has 0 aliphatic rings. The molecule has 0 radical (unpaired) electrons. The van der Waals surface area contributed by atoms with Gasteiger partial charge in [-0.3, -0.25) is 10.2 Å². The lowest BCUT2D eigenvalue weighted by atomic mass is 10.1. The highest BCUT2D eigenvalue weighted by atomic mass is 32.2. The number of hydrogen-bond acceptors (Lipinski definition) is 3. The first-order chi connectivity index (χ1) is 8.58. The molecule has 0 unspecified atom stereocenters. The van der Waals surface area contributed by atoms with Crippen LogP contribution in [0.25, 0.3) is 0 Å². The predicted molar refractivity (Wildman–Crippen MR) is 76.7 cm³/mol. The SMILES string of the molecule is C[C@H](CCc1ccccc1)NC(=O)CSC(=N)N. The van der Waals surface area contributed by atoms with Gasteiger partial charge in [0, 0.05) is 6.04 Å². The lowest BCUT2D eigenvalue weighted by molar-refractivity contribution is -0.119. The van der Waals surface area contributed by atoms with E-state index in [1.165, 1.54) is 5.56 Å². The Morgan fingerprint density at radius 2 is 2.11 bits per heavy atom. The Kier molecular flexibility index (Phi) is 6.28. The minimum Gasteiger partial charge on any atom is -0.379 e. The number of rotatable bonds is 6. The molecule has 18 heavy (non-hydrogen) atoms. The Bertz CT molecular complexity index is 394. The van der Waals surface area contributed by atoms with Crippen molar-refractivity contribution in [1.82, 2.24) is 5.32 Å². The zero-order valence-electron chi connectivity index (χ0n) is 10.5. The highest BCUT2D eigenvalue weighted by molar-refractivity contribution is 8.14. The summed E-state index contributed by atoms with van der Waals surface area (Å²) in [5.74, 6) is 0.140. The number of hydrogen-bond donors (Lipinski definition) is 3. The van der Waals surface area contributed by atoms with Crippen LogP contribution in [0.1, 0.15) is 18.9 Å². The Morgan fingerprint density at radius 3 is 2.72 bits per heavy atom. The number of amidine groups is 1. The molecule has 0 heterocycles. The smallest absolute Gasteiger partial charge is 0.230 e. The molecule has 98 valence electrons. The molecule has 0 aromatic heterocycles. The maximum Gasteiger partial charge on any atom is 0.230 e. The largest absolute Gasteiger partial charge is 0.379 e. The van der Waals surface area contributed by atoms with Gasteiger partial charge in [0.2, 0.25) is 5.91 Å². The van der Waals surface area contributed by atoms with Crippen molar-refractivity contribution in [2.75, 3.05) is 5.75 Å². The van der Waals surface area contributed by atoms with E-state index in [2.05, 4.69) is 17.4 Å². The average Bonchev–Trinajstić information content (AvgIpc) is 2.35. The van der Waals surface area contributed by atoms with Gasteiger partial charge in [-0.2, -0.15) is 0 Å². The Balaban J connectivity index is 2.23. The van der Waals surface area contributed by atoms with Gasteiger partial charge in [-0.1, -0.05) is 42.1 Å². The van der Waals surface area contributed by atoms with Gasteiger partial charge in [0.15, 0.2) is 5.17 Å². The van der Waals surface area contributed by atoms with Gasteiger partial charge in [-0.05, 0) is 25.3 Å². The maximum atomic E-state index is 11.5. The molecule has 1 atom stereocenters. The van der Waals surface area contributed by atoms with Crippen molar-refractivity contribution >= 4 is 22.8 Å². The number of nitrogens with one attached hydrogen (secondary N) is 2. The van der Waals surface area contributed by atoms with Crippen molar-refractivity contribution in [1.29, 1.82) is 5.41 Å². The summed E-state index contributed by atoms with van der Waals surface area (Å²) in [6, 6.07) is 10.3. The molecule has 5 heteroatoms. The topological polar surface area (TPSA) is 79.0 Å². The van der Waals surface area contributed by atoms with Gasteiger partial charge in [-0.25, -0.2) is 0 Å². The summed E-state index contributed by atoms with van der Waals surface area (Å²) in [7, 11) is 0. The molecule has 1 amide bonds. The normalized spacial score (nSPS) is 11.8. The fourth-order valence-corrected chi connectivity index (χ4v) is 1.93. The summed E-state index contributed by atoms with van der Waals surface area (Å²) in [5, 5.41) is 9.89. The predicted octanol–water partition coefficient (Wildman–Crippen LogP) is 1.75. The lowest BCUT2D eigenvalue weighted by Gasteiger charge is -2.13. The van der Waals surface area contributed by atoms with Crippen LogP contribution in [-0.2, 0) is 11.2 Å². The van der Waals surface area contributed by atoms with Gasteiger partial charge in [0.1, 0.15) is 0 Å². The molecule has 0 fully saturated rings. The van der Waals surface area contributed by atoms with E-state index in [-0.39, 0.29) is 22.9 Å². The molecular formula is C13H19N3OS. The van der Waals surface area contributed by atoms with E-state index >= 15 is 0 Å². The van der Waals surface area contributed by atoms with Crippen molar-refractivity contribution < 1.29 is 4.79 Å². The molecule has 1 aromatic carbocycles. The monoisotopic (exact) mass is 265 g/mol. The average molecular weight is 265 g/mol. The Morgan fingerprint density at radius 1 is 1.44 bits per heavy atom. The number of nitrogens with two attached hydrogens (primary N) is 1. The van der Waals surface area contributed by atoms with Crippen LogP contribution < -0.4 is 11.1 Å². The van der Waals surface area contributed by atoms with Crippen molar-refractivity contribution in [2.24, 2.45) is 5.73 Å². The zero-order chi connectivity index (χ0) is 13.4. The molecule has 0 aliphatic carbocycles. The lowest BCUT2D eigenvalue weighted by Crippen LogP contribution is -2.34. The van der Waals surface area contributed by atoms with Crippen LogP contribution in [0.2, 0.25) is 0 Å². The summed E-state index contributed by atoms with van der Waals surface area (Å²) in [6.45, 7) is 1.99. The number of aryl methyl sites for hydroxylation is 1. The third kappa shape index (κ3) is 6.30. The van der Waals surface area contributed by atoms with Crippen LogP contribution in [0.15, 0.2) is 30.3 Å². The van der Waals surface area contributed by atoms with E-state index in [9.17, 15) is 4.79 Å². The summed E-state index contributed by atoms with van der Waals surface area (Å²) < 4.78 is 0. The fourth-order valence-electron chi connectivity index (χ4n) is 1.56. The summed E-state index contributed by atoms with van der Waals surface area (Å²) in [6.07, 6.45) is 1.85. The Hall–Kier alpha value is -1.49. The van der Waals surface area contributed by atoms with Gasteiger partial charge < -0.3 is 11.1 Å². The van der Waals surface area contributed by atoms with Gasteiger partial charge in [0.05, 0.1) is 5.75 Å². The van der Waals surface area contributed by atoms with E-state index in [0.717, 1.165) is 24.6 Å².